The van der Waals surface area contributed by atoms with Gasteiger partial charge in [-0.2, -0.15) is 0 Å². The lowest BCUT2D eigenvalue weighted by Gasteiger charge is -2.28. The first-order valence-electron chi connectivity index (χ1n) is 9.94. The minimum atomic E-state index is -0.444. The van der Waals surface area contributed by atoms with Crippen molar-refractivity contribution in [1.82, 2.24) is 4.98 Å². The van der Waals surface area contributed by atoms with Crippen molar-refractivity contribution >= 4 is 28.3 Å². The molecule has 4 rings (SSSR count). The summed E-state index contributed by atoms with van der Waals surface area (Å²) in [4.78, 5) is 19.4. The van der Waals surface area contributed by atoms with Gasteiger partial charge in [0, 0.05) is 24.2 Å². The van der Waals surface area contributed by atoms with Crippen LogP contribution in [-0.4, -0.2) is 37.2 Å². The van der Waals surface area contributed by atoms with E-state index in [1.165, 1.54) is 6.07 Å². The van der Waals surface area contributed by atoms with E-state index in [0.717, 1.165) is 24.5 Å². The Balaban J connectivity index is 1.57. The van der Waals surface area contributed by atoms with Crippen LogP contribution in [0, 0.1) is 5.82 Å². The van der Waals surface area contributed by atoms with Gasteiger partial charge in [0.1, 0.15) is 11.3 Å². The van der Waals surface area contributed by atoms with Crippen LogP contribution in [0.3, 0.4) is 0 Å². The molecule has 1 aromatic heterocycles. The number of carbonyl (C=O) groups excluding carboxylic acids is 1. The fourth-order valence-corrected chi connectivity index (χ4v) is 3.71. The van der Waals surface area contributed by atoms with Crippen LogP contribution >= 0.6 is 0 Å². The summed E-state index contributed by atoms with van der Waals surface area (Å²) in [6.45, 7) is 4.74. The van der Waals surface area contributed by atoms with Crippen molar-refractivity contribution in [3.63, 3.8) is 0 Å². The number of nitrogens with one attached hydrogen (secondary N) is 1. The van der Waals surface area contributed by atoms with E-state index in [0.29, 0.717) is 36.2 Å². The van der Waals surface area contributed by atoms with Gasteiger partial charge in [0.15, 0.2) is 5.82 Å². The number of aromatic nitrogens is 1. The highest BCUT2D eigenvalue weighted by molar-refractivity contribution is 5.97. The molecule has 1 fully saturated rings. The average Bonchev–Trinajstić information content (AvgIpc) is 2.75. The van der Waals surface area contributed by atoms with Crippen LogP contribution in [0.5, 0.6) is 0 Å². The molecular formula is C23H24FN3O2. The predicted octanol–water partition coefficient (Wildman–Crippen LogP) is 4.34. The number of carbonyl (C=O) groups is 1. The smallest absolute Gasteiger partial charge is 0.231 e. The molecule has 1 amide bonds. The number of fused-ring (bicyclic) bond motifs is 1. The van der Waals surface area contributed by atoms with Gasteiger partial charge in [0.05, 0.1) is 19.1 Å². The second kappa shape index (κ2) is 8.57. The third kappa shape index (κ3) is 4.22. The molecule has 2 aromatic carbocycles. The number of ether oxygens (including phenoxy) is 1. The molecule has 29 heavy (non-hydrogen) atoms. The third-order valence-corrected chi connectivity index (χ3v) is 5.26. The van der Waals surface area contributed by atoms with Crippen molar-refractivity contribution in [2.45, 2.75) is 19.3 Å². The molecule has 1 unspecified atom stereocenters. The predicted molar refractivity (Wildman–Crippen MR) is 113 cm³/mol. The van der Waals surface area contributed by atoms with E-state index in [-0.39, 0.29) is 11.8 Å². The number of hydrogen-bond donors (Lipinski definition) is 1. The molecule has 5 nitrogen and oxygen atoms in total. The molecule has 1 saturated heterocycles. The van der Waals surface area contributed by atoms with Gasteiger partial charge in [-0.3, -0.25) is 4.79 Å². The lowest BCUT2D eigenvalue weighted by atomic mass is 9.95. The molecule has 0 spiro atoms. The van der Waals surface area contributed by atoms with Gasteiger partial charge in [-0.05, 0) is 36.2 Å². The van der Waals surface area contributed by atoms with Gasteiger partial charge in [-0.15, -0.1) is 0 Å². The van der Waals surface area contributed by atoms with Gasteiger partial charge >= 0.3 is 0 Å². The van der Waals surface area contributed by atoms with Gasteiger partial charge in [-0.1, -0.05) is 37.3 Å². The highest BCUT2D eigenvalue weighted by Gasteiger charge is 2.20. The zero-order chi connectivity index (χ0) is 20.2. The van der Waals surface area contributed by atoms with Crippen LogP contribution in [0.1, 0.15) is 24.8 Å². The van der Waals surface area contributed by atoms with E-state index in [2.05, 4.69) is 15.2 Å². The number of morpholine rings is 1. The van der Waals surface area contributed by atoms with Crippen LogP contribution < -0.4 is 10.2 Å². The minimum absolute atomic E-state index is 0.143. The summed E-state index contributed by atoms with van der Waals surface area (Å²) >= 11 is 0. The first kappa shape index (κ1) is 19.3. The lowest BCUT2D eigenvalue weighted by molar-refractivity contribution is -0.117. The SMILES string of the molecule is CCC(C(=O)Nc1cc(F)c2nc(N3CCOCC3)ccc2c1)c1ccccc1. The second-order valence-corrected chi connectivity index (χ2v) is 7.16. The topological polar surface area (TPSA) is 54.5 Å². The maximum atomic E-state index is 14.8. The summed E-state index contributed by atoms with van der Waals surface area (Å²) in [5.41, 5.74) is 1.70. The maximum absolute atomic E-state index is 14.8. The van der Waals surface area contributed by atoms with Crippen LogP contribution in [0.2, 0.25) is 0 Å². The quantitative estimate of drug-likeness (QED) is 0.701. The Kier molecular flexibility index (Phi) is 5.71. The third-order valence-electron chi connectivity index (χ3n) is 5.26. The molecule has 0 radical (unpaired) electrons. The van der Waals surface area contributed by atoms with Crippen molar-refractivity contribution in [3.05, 3.63) is 66.0 Å². The number of hydrogen-bond acceptors (Lipinski definition) is 4. The zero-order valence-electron chi connectivity index (χ0n) is 16.4. The molecule has 6 heteroatoms. The summed E-state index contributed by atoms with van der Waals surface area (Å²) in [6, 6.07) is 16.5. The summed E-state index contributed by atoms with van der Waals surface area (Å²) < 4.78 is 20.2. The first-order chi connectivity index (χ1) is 14.2. The van der Waals surface area contributed by atoms with Crippen molar-refractivity contribution in [2.24, 2.45) is 0 Å². The minimum Gasteiger partial charge on any atom is -0.378 e. The monoisotopic (exact) mass is 393 g/mol. The number of amides is 1. The van der Waals surface area contributed by atoms with Gasteiger partial charge in [0.25, 0.3) is 0 Å². The van der Waals surface area contributed by atoms with E-state index in [4.69, 9.17) is 4.74 Å². The Hall–Kier alpha value is -2.99. The Morgan fingerprint density at radius 2 is 1.93 bits per heavy atom. The molecule has 0 bridgehead atoms. The van der Waals surface area contributed by atoms with Crippen LogP contribution in [0.25, 0.3) is 10.9 Å². The van der Waals surface area contributed by atoms with E-state index >= 15 is 0 Å². The molecule has 3 aromatic rings. The molecule has 1 atom stereocenters. The summed E-state index contributed by atoms with van der Waals surface area (Å²) in [5, 5.41) is 3.53. The average molecular weight is 393 g/mol. The van der Waals surface area contributed by atoms with Crippen LogP contribution in [-0.2, 0) is 9.53 Å². The van der Waals surface area contributed by atoms with Crippen molar-refractivity contribution in [2.75, 3.05) is 36.5 Å². The Morgan fingerprint density at radius 1 is 1.17 bits per heavy atom. The Bertz CT molecular complexity index is 1000. The van der Waals surface area contributed by atoms with Crippen LogP contribution in [0.4, 0.5) is 15.9 Å². The lowest BCUT2D eigenvalue weighted by Crippen LogP contribution is -2.36. The molecule has 1 N–H and O–H groups in total. The number of halogens is 1. The van der Waals surface area contributed by atoms with Crippen molar-refractivity contribution in [1.29, 1.82) is 0 Å². The number of anilines is 2. The number of benzene rings is 2. The normalized spacial score (nSPS) is 15.3. The molecule has 2 heterocycles. The molecular weight excluding hydrogens is 369 g/mol. The number of nitrogens with zero attached hydrogens (tertiary/aromatic N) is 2. The number of pyridine rings is 1. The highest BCUT2D eigenvalue weighted by atomic mass is 19.1. The molecule has 1 aliphatic rings. The Morgan fingerprint density at radius 3 is 2.66 bits per heavy atom. The molecule has 0 aliphatic carbocycles. The number of rotatable bonds is 5. The molecule has 1 aliphatic heterocycles. The standard InChI is InChI=1S/C23H24FN3O2/c1-2-19(16-6-4-3-5-7-16)23(28)25-18-14-17-8-9-21(26-22(17)20(24)15-18)27-10-12-29-13-11-27/h3-9,14-15,19H,2,10-13H2,1H3,(H,25,28). The summed E-state index contributed by atoms with van der Waals surface area (Å²) in [7, 11) is 0. The summed E-state index contributed by atoms with van der Waals surface area (Å²) in [5.74, 6) is -0.126. The Labute approximate surface area is 169 Å². The largest absolute Gasteiger partial charge is 0.378 e. The molecule has 150 valence electrons. The van der Waals surface area contributed by atoms with Gasteiger partial charge < -0.3 is 15.0 Å². The first-order valence-corrected chi connectivity index (χ1v) is 9.94. The van der Waals surface area contributed by atoms with E-state index < -0.39 is 5.82 Å². The maximum Gasteiger partial charge on any atom is 0.231 e. The van der Waals surface area contributed by atoms with Crippen molar-refractivity contribution in [3.8, 4) is 0 Å². The molecule has 0 saturated carbocycles. The van der Waals surface area contributed by atoms with Gasteiger partial charge in [0.2, 0.25) is 5.91 Å². The zero-order valence-corrected chi connectivity index (χ0v) is 16.4. The fraction of sp³-hybridized carbons (Fsp3) is 0.304. The highest BCUT2D eigenvalue weighted by Crippen LogP contribution is 2.27. The van der Waals surface area contributed by atoms with E-state index in [9.17, 15) is 9.18 Å². The van der Waals surface area contributed by atoms with Gasteiger partial charge in [-0.25, -0.2) is 9.37 Å². The van der Waals surface area contributed by atoms with E-state index in [1.807, 2.05) is 49.4 Å². The van der Waals surface area contributed by atoms with E-state index in [1.54, 1.807) is 6.07 Å². The fourth-order valence-electron chi connectivity index (χ4n) is 3.71. The summed E-state index contributed by atoms with van der Waals surface area (Å²) in [6.07, 6.45) is 0.663. The second-order valence-electron chi connectivity index (χ2n) is 7.16. The van der Waals surface area contributed by atoms with Crippen molar-refractivity contribution < 1.29 is 13.9 Å². The van der Waals surface area contributed by atoms with Crippen LogP contribution in [0.15, 0.2) is 54.6 Å².